The number of rotatable bonds is 4. The summed E-state index contributed by atoms with van der Waals surface area (Å²) < 4.78 is 0. The van der Waals surface area contributed by atoms with Gasteiger partial charge in [-0.3, -0.25) is 9.79 Å². The van der Waals surface area contributed by atoms with E-state index in [9.17, 15) is 4.79 Å². The number of amidine groups is 1. The van der Waals surface area contributed by atoms with Gasteiger partial charge >= 0.3 is 0 Å². The van der Waals surface area contributed by atoms with Crippen molar-refractivity contribution in [2.45, 2.75) is 13.3 Å². The van der Waals surface area contributed by atoms with Crippen molar-refractivity contribution in [1.82, 2.24) is 0 Å². The molecule has 106 valence electrons. The molecule has 0 aliphatic carbocycles. The van der Waals surface area contributed by atoms with Gasteiger partial charge in [-0.2, -0.15) is 0 Å². The number of fused-ring (bicyclic) bond motifs is 1. The number of hydrogen-bond acceptors (Lipinski definition) is 4. The summed E-state index contributed by atoms with van der Waals surface area (Å²) in [6.45, 7) is 5.51. The average molecular weight is 279 g/mol. The normalized spacial score (nSPS) is 15.0. The van der Waals surface area contributed by atoms with Crippen molar-refractivity contribution >= 4 is 35.7 Å². The topological polar surface area (TPSA) is 67.8 Å². The van der Waals surface area contributed by atoms with Gasteiger partial charge in [0.25, 0.3) is 0 Å². The monoisotopic (exact) mass is 279 g/mol. The quantitative estimate of drug-likeness (QED) is 0.679. The lowest BCUT2D eigenvalue weighted by Crippen LogP contribution is -2.11. The molecule has 2 N–H and O–H groups in total. The number of carbonyl (C=O) groups is 1. The molecule has 0 radical (unpaired) electrons. The molecular formula is C17H17N3O. The molecule has 21 heavy (non-hydrogen) atoms. The summed E-state index contributed by atoms with van der Waals surface area (Å²) in [7, 11) is 0. The van der Waals surface area contributed by atoms with Crippen LogP contribution in [-0.4, -0.2) is 18.3 Å². The fourth-order valence-electron chi connectivity index (χ4n) is 2.12. The SMILES string of the molecule is C=CN=C/C(=C\C)c1ccc2c(c1)N=C(N)CC(C=O)=C2. The molecular weight excluding hydrogens is 262 g/mol. The van der Waals surface area contributed by atoms with E-state index >= 15 is 0 Å². The van der Waals surface area contributed by atoms with Crippen LogP contribution in [0.5, 0.6) is 0 Å². The van der Waals surface area contributed by atoms with Crippen LogP contribution in [0.2, 0.25) is 0 Å². The molecule has 1 aromatic carbocycles. The highest BCUT2D eigenvalue weighted by atomic mass is 16.1. The van der Waals surface area contributed by atoms with Gasteiger partial charge in [-0.15, -0.1) is 0 Å². The molecule has 0 fully saturated rings. The number of carbonyl (C=O) groups excluding carboxylic acids is 1. The number of benzene rings is 1. The van der Waals surface area contributed by atoms with Gasteiger partial charge in [-0.1, -0.05) is 24.8 Å². The molecule has 1 aliphatic rings. The lowest BCUT2D eigenvalue weighted by molar-refractivity contribution is -0.104. The smallest absolute Gasteiger partial charge is 0.146 e. The highest BCUT2D eigenvalue weighted by Crippen LogP contribution is 2.29. The Labute approximate surface area is 124 Å². The fourth-order valence-corrected chi connectivity index (χ4v) is 2.12. The van der Waals surface area contributed by atoms with E-state index in [1.54, 1.807) is 6.21 Å². The van der Waals surface area contributed by atoms with Gasteiger partial charge in [0.15, 0.2) is 0 Å². The minimum absolute atomic E-state index is 0.377. The zero-order chi connectivity index (χ0) is 15.2. The Morgan fingerprint density at radius 1 is 1.48 bits per heavy atom. The van der Waals surface area contributed by atoms with E-state index in [2.05, 4.69) is 16.6 Å². The van der Waals surface area contributed by atoms with Gasteiger partial charge in [-0.05, 0) is 30.2 Å². The van der Waals surface area contributed by atoms with Gasteiger partial charge in [0.05, 0.1) is 5.69 Å². The summed E-state index contributed by atoms with van der Waals surface area (Å²) in [4.78, 5) is 19.4. The van der Waals surface area contributed by atoms with Gasteiger partial charge in [0, 0.05) is 30.0 Å². The summed E-state index contributed by atoms with van der Waals surface area (Å²) in [6.07, 6.45) is 8.21. The number of hydrogen-bond donors (Lipinski definition) is 1. The number of allylic oxidation sites excluding steroid dienone is 2. The van der Waals surface area contributed by atoms with Crippen LogP contribution in [0, 0.1) is 0 Å². The zero-order valence-electron chi connectivity index (χ0n) is 11.9. The first kappa shape index (κ1) is 14.7. The largest absolute Gasteiger partial charge is 0.387 e. The predicted molar refractivity (Wildman–Crippen MR) is 88.7 cm³/mol. The lowest BCUT2D eigenvalue weighted by Gasteiger charge is -2.06. The van der Waals surface area contributed by atoms with Crippen molar-refractivity contribution < 1.29 is 4.79 Å². The Kier molecular flexibility index (Phi) is 4.61. The van der Waals surface area contributed by atoms with Crippen LogP contribution in [0.25, 0.3) is 11.6 Å². The highest BCUT2D eigenvalue weighted by Gasteiger charge is 2.10. The Morgan fingerprint density at radius 3 is 2.95 bits per heavy atom. The minimum Gasteiger partial charge on any atom is -0.387 e. The summed E-state index contributed by atoms with van der Waals surface area (Å²) >= 11 is 0. The number of aliphatic imine (C=N–C) groups is 2. The fraction of sp³-hybridized carbons (Fsp3) is 0.118. The summed E-state index contributed by atoms with van der Waals surface area (Å²) in [5, 5.41) is 0. The van der Waals surface area contributed by atoms with Crippen LogP contribution in [0.1, 0.15) is 24.5 Å². The molecule has 0 amide bonds. The number of nitrogens with zero attached hydrogens (tertiary/aromatic N) is 2. The molecule has 2 rings (SSSR count). The van der Waals surface area contributed by atoms with E-state index in [0.717, 1.165) is 28.7 Å². The van der Waals surface area contributed by atoms with Gasteiger partial charge in [0.2, 0.25) is 0 Å². The maximum Gasteiger partial charge on any atom is 0.146 e. The second kappa shape index (κ2) is 6.61. The molecule has 1 heterocycles. The number of nitrogens with two attached hydrogens (primary N) is 1. The van der Waals surface area contributed by atoms with E-state index in [4.69, 9.17) is 5.73 Å². The van der Waals surface area contributed by atoms with Crippen LogP contribution < -0.4 is 5.73 Å². The lowest BCUT2D eigenvalue weighted by atomic mass is 10.0. The molecule has 1 aromatic rings. The van der Waals surface area contributed by atoms with Crippen LogP contribution in [0.3, 0.4) is 0 Å². The molecule has 0 saturated heterocycles. The van der Waals surface area contributed by atoms with E-state index in [0.29, 0.717) is 17.8 Å². The van der Waals surface area contributed by atoms with Crippen LogP contribution in [0.15, 0.2) is 52.6 Å². The second-order valence-corrected chi connectivity index (χ2v) is 4.60. The van der Waals surface area contributed by atoms with Crippen LogP contribution in [-0.2, 0) is 4.79 Å². The first-order chi connectivity index (χ1) is 10.2. The van der Waals surface area contributed by atoms with Crippen molar-refractivity contribution in [2.75, 3.05) is 0 Å². The van der Waals surface area contributed by atoms with Crippen molar-refractivity contribution in [1.29, 1.82) is 0 Å². The first-order valence-corrected chi connectivity index (χ1v) is 6.61. The molecule has 0 aromatic heterocycles. The third kappa shape index (κ3) is 3.42. The molecule has 1 aliphatic heterocycles. The summed E-state index contributed by atoms with van der Waals surface area (Å²) in [5.41, 5.74) is 10.1. The van der Waals surface area contributed by atoms with Crippen molar-refractivity contribution in [2.24, 2.45) is 15.7 Å². The maximum atomic E-state index is 11.0. The van der Waals surface area contributed by atoms with Gasteiger partial charge in [0.1, 0.15) is 12.1 Å². The molecule has 4 nitrogen and oxygen atoms in total. The van der Waals surface area contributed by atoms with Crippen LogP contribution in [0.4, 0.5) is 5.69 Å². The van der Waals surface area contributed by atoms with Gasteiger partial charge in [-0.25, -0.2) is 4.99 Å². The van der Waals surface area contributed by atoms with Gasteiger partial charge < -0.3 is 5.73 Å². The first-order valence-electron chi connectivity index (χ1n) is 6.61. The minimum atomic E-state index is 0.377. The molecule has 0 bridgehead atoms. The Bertz CT molecular complexity index is 694. The van der Waals surface area contributed by atoms with E-state index in [1.165, 1.54) is 6.20 Å². The zero-order valence-corrected chi connectivity index (χ0v) is 11.9. The summed E-state index contributed by atoms with van der Waals surface area (Å²) in [5.74, 6) is 0.436. The molecule has 4 heteroatoms. The summed E-state index contributed by atoms with van der Waals surface area (Å²) in [6, 6.07) is 5.84. The van der Waals surface area contributed by atoms with Crippen molar-refractivity contribution in [3.63, 3.8) is 0 Å². The standard InChI is InChI=1S/C17H17N3O/c1-3-13(10-19-4-2)14-5-6-15-7-12(11-21)8-17(18)20-16(15)9-14/h3-7,9-11H,2,8H2,1H3,(H2,18,20)/b13-3+,19-10?. The molecule has 0 saturated carbocycles. The predicted octanol–water partition coefficient (Wildman–Crippen LogP) is 3.28. The van der Waals surface area contributed by atoms with E-state index in [1.807, 2.05) is 37.3 Å². The molecule has 0 atom stereocenters. The third-order valence-corrected chi connectivity index (χ3v) is 3.14. The Morgan fingerprint density at radius 2 is 2.29 bits per heavy atom. The van der Waals surface area contributed by atoms with Crippen molar-refractivity contribution in [3.8, 4) is 0 Å². The Hall–Kier alpha value is -2.75. The van der Waals surface area contributed by atoms with E-state index in [-0.39, 0.29) is 0 Å². The maximum absolute atomic E-state index is 11.0. The van der Waals surface area contributed by atoms with Crippen molar-refractivity contribution in [3.05, 3.63) is 53.8 Å². The molecule has 0 unspecified atom stereocenters. The third-order valence-electron chi connectivity index (χ3n) is 3.14. The number of aldehydes is 1. The second-order valence-electron chi connectivity index (χ2n) is 4.60. The highest BCUT2D eigenvalue weighted by molar-refractivity contribution is 6.10. The van der Waals surface area contributed by atoms with E-state index < -0.39 is 0 Å². The van der Waals surface area contributed by atoms with Crippen LogP contribution >= 0.6 is 0 Å². The molecule has 0 spiro atoms. The Balaban J connectivity index is 2.51. The average Bonchev–Trinajstić information content (AvgIpc) is 2.65.